The van der Waals surface area contributed by atoms with Crippen LogP contribution in [-0.4, -0.2) is 21.6 Å². The van der Waals surface area contributed by atoms with Crippen LogP contribution in [0.2, 0.25) is 0 Å². The number of ether oxygens (including phenoxy) is 1. The Labute approximate surface area is 163 Å². The van der Waals surface area contributed by atoms with E-state index in [9.17, 15) is 13.2 Å². The van der Waals surface area contributed by atoms with Crippen LogP contribution < -0.4 is 20.1 Å². The maximum absolute atomic E-state index is 12.6. The lowest BCUT2D eigenvalue weighted by atomic mass is 10.3. The van der Waals surface area contributed by atoms with Gasteiger partial charge in [-0.15, -0.1) is 0 Å². The van der Waals surface area contributed by atoms with E-state index in [4.69, 9.17) is 4.74 Å². The number of nitrogens with one attached hydrogen (secondary N) is 3. The van der Waals surface area contributed by atoms with Gasteiger partial charge in [0.1, 0.15) is 5.75 Å². The van der Waals surface area contributed by atoms with Gasteiger partial charge in [0.15, 0.2) is 0 Å². The Morgan fingerprint density at radius 1 is 0.786 bits per heavy atom. The van der Waals surface area contributed by atoms with Gasteiger partial charge in [0.05, 0.1) is 23.4 Å². The number of rotatable bonds is 6. The molecule has 0 aliphatic heterocycles. The second-order valence-electron chi connectivity index (χ2n) is 5.77. The van der Waals surface area contributed by atoms with Crippen molar-refractivity contribution in [2.45, 2.75) is 4.90 Å². The molecule has 3 N–H and O–H groups in total. The number of methoxy groups -OCH3 is 1. The van der Waals surface area contributed by atoms with Crippen molar-refractivity contribution in [1.29, 1.82) is 0 Å². The number of carbonyl (C=O) groups is 1. The molecule has 3 aromatic rings. The van der Waals surface area contributed by atoms with Crippen LogP contribution in [0, 0.1) is 0 Å². The van der Waals surface area contributed by atoms with Crippen molar-refractivity contribution < 1.29 is 17.9 Å². The summed E-state index contributed by atoms with van der Waals surface area (Å²) in [5.74, 6) is 0.554. The maximum Gasteiger partial charge on any atom is 0.323 e. The van der Waals surface area contributed by atoms with Crippen LogP contribution in [0.3, 0.4) is 0 Å². The van der Waals surface area contributed by atoms with Gasteiger partial charge in [-0.3, -0.25) is 4.72 Å². The van der Waals surface area contributed by atoms with Crippen LogP contribution in [0.5, 0.6) is 5.75 Å². The summed E-state index contributed by atoms with van der Waals surface area (Å²) in [6.07, 6.45) is 0. The molecule has 3 aromatic carbocycles. The molecule has 0 saturated heterocycles. The molecule has 0 spiro atoms. The molecule has 0 unspecified atom stereocenters. The quantitative estimate of drug-likeness (QED) is 0.582. The molecule has 3 rings (SSSR count). The van der Waals surface area contributed by atoms with Gasteiger partial charge in [0, 0.05) is 5.69 Å². The van der Waals surface area contributed by atoms with Gasteiger partial charge >= 0.3 is 6.03 Å². The highest BCUT2D eigenvalue weighted by Crippen LogP contribution is 2.25. The Hall–Kier alpha value is -3.52. The predicted octanol–water partition coefficient (Wildman–Crippen LogP) is 4.14. The zero-order valence-corrected chi connectivity index (χ0v) is 15.9. The van der Waals surface area contributed by atoms with Crippen LogP contribution >= 0.6 is 0 Å². The number of para-hydroxylation sites is 3. The fourth-order valence-corrected chi connectivity index (χ4v) is 3.53. The number of hydrogen-bond donors (Lipinski definition) is 3. The Morgan fingerprint density at radius 3 is 2.04 bits per heavy atom. The second kappa shape index (κ2) is 8.45. The highest BCUT2D eigenvalue weighted by atomic mass is 32.2. The number of benzene rings is 3. The summed E-state index contributed by atoms with van der Waals surface area (Å²) in [6.45, 7) is 0. The average molecular weight is 397 g/mol. The van der Waals surface area contributed by atoms with Crippen molar-refractivity contribution in [3.8, 4) is 5.75 Å². The molecule has 0 bridgehead atoms. The third-order valence-corrected chi connectivity index (χ3v) is 5.20. The molecule has 7 nitrogen and oxygen atoms in total. The molecule has 0 aliphatic carbocycles. The van der Waals surface area contributed by atoms with E-state index in [2.05, 4.69) is 15.4 Å². The Kier molecular flexibility index (Phi) is 5.81. The van der Waals surface area contributed by atoms with E-state index < -0.39 is 16.1 Å². The summed E-state index contributed by atoms with van der Waals surface area (Å²) in [5.41, 5.74) is 1.20. The zero-order valence-electron chi connectivity index (χ0n) is 15.0. The third kappa shape index (κ3) is 4.80. The Bertz CT molecular complexity index is 1050. The van der Waals surface area contributed by atoms with Crippen LogP contribution in [0.1, 0.15) is 0 Å². The lowest BCUT2D eigenvalue weighted by molar-refractivity contribution is 0.262. The van der Waals surface area contributed by atoms with Gasteiger partial charge in [-0.1, -0.05) is 30.3 Å². The van der Waals surface area contributed by atoms with Crippen LogP contribution in [0.15, 0.2) is 83.8 Å². The fourth-order valence-electron chi connectivity index (χ4n) is 2.45. The van der Waals surface area contributed by atoms with E-state index >= 15 is 0 Å². The van der Waals surface area contributed by atoms with Crippen molar-refractivity contribution >= 4 is 33.1 Å². The number of sulfonamides is 1. The average Bonchev–Trinajstić information content (AvgIpc) is 2.70. The third-order valence-electron chi connectivity index (χ3n) is 3.82. The minimum absolute atomic E-state index is 0.0804. The fraction of sp³-hybridized carbons (Fsp3) is 0.0500. The van der Waals surface area contributed by atoms with Crippen molar-refractivity contribution in [2.75, 3.05) is 22.5 Å². The van der Waals surface area contributed by atoms with Crippen LogP contribution in [-0.2, 0) is 10.0 Å². The molecular formula is C20H19N3O4S. The molecule has 0 atom stereocenters. The van der Waals surface area contributed by atoms with Crippen molar-refractivity contribution in [2.24, 2.45) is 0 Å². The standard InChI is InChI=1S/C20H19N3O4S/c1-27-16-11-13-17(14-12-16)28(25,26)23-19-10-6-5-9-18(19)22-20(24)21-15-7-3-2-4-8-15/h2-14,23H,1H3,(H2,21,22,24). The van der Waals surface area contributed by atoms with E-state index in [0.29, 0.717) is 17.1 Å². The van der Waals surface area contributed by atoms with Crippen LogP contribution in [0.25, 0.3) is 0 Å². The monoisotopic (exact) mass is 397 g/mol. The lowest BCUT2D eigenvalue weighted by Crippen LogP contribution is -2.21. The molecule has 144 valence electrons. The van der Waals surface area contributed by atoms with Gasteiger partial charge in [0.2, 0.25) is 0 Å². The number of amides is 2. The van der Waals surface area contributed by atoms with E-state index in [1.165, 1.54) is 19.2 Å². The minimum atomic E-state index is -3.83. The van der Waals surface area contributed by atoms with Gasteiger partial charge in [-0.2, -0.15) is 0 Å². The lowest BCUT2D eigenvalue weighted by Gasteiger charge is -2.14. The SMILES string of the molecule is COc1ccc(S(=O)(=O)Nc2ccccc2NC(=O)Nc2ccccc2)cc1. The summed E-state index contributed by atoms with van der Waals surface area (Å²) in [5, 5.41) is 5.34. The van der Waals surface area contributed by atoms with E-state index in [0.717, 1.165) is 0 Å². The minimum Gasteiger partial charge on any atom is -0.497 e. The number of hydrogen-bond acceptors (Lipinski definition) is 4. The molecule has 8 heteroatoms. The maximum atomic E-state index is 12.6. The summed E-state index contributed by atoms with van der Waals surface area (Å²) in [6, 6.07) is 21.0. The van der Waals surface area contributed by atoms with Crippen molar-refractivity contribution in [3.05, 3.63) is 78.9 Å². The summed E-state index contributed by atoms with van der Waals surface area (Å²) < 4.78 is 32.8. The topological polar surface area (TPSA) is 96.5 Å². The van der Waals surface area contributed by atoms with Gasteiger partial charge < -0.3 is 15.4 Å². The smallest absolute Gasteiger partial charge is 0.323 e. The summed E-state index contributed by atoms with van der Waals surface area (Å²) >= 11 is 0. The molecule has 0 saturated carbocycles. The molecule has 0 radical (unpaired) electrons. The normalized spacial score (nSPS) is 10.8. The van der Waals surface area contributed by atoms with E-state index in [1.807, 2.05) is 6.07 Å². The first kappa shape index (κ1) is 19.2. The molecular weight excluding hydrogens is 378 g/mol. The number of anilines is 3. The highest BCUT2D eigenvalue weighted by Gasteiger charge is 2.17. The van der Waals surface area contributed by atoms with E-state index in [1.54, 1.807) is 60.7 Å². The number of urea groups is 1. The molecule has 0 heterocycles. The summed E-state index contributed by atoms with van der Waals surface area (Å²) in [7, 11) is -2.33. The van der Waals surface area contributed by atoms with Crippen molar-refractivity contribution in [1.82, 2.24) is 0 Å². The Balaban J connectivity index is 1.76. The molecule has 0 aromatic heterocycles. The van der Waals surface area contributed by atoms with Gasteiger partial charge in [0.25, 0.3) is 10.0 Å². The highest BCUT2D eigenvalue weighted by molar-refractivity contribution is 7.92. The van der Waals surface area contributed by atoms with Crippen LogP contribution in [0.4, 0.5) is 21.9 Å². The zero-order chi connectivity index (χ0) is 20.0. The summed E-state index contributed by atoms with van der Waals surface area (Å²) in [4.78, 5) is 12.3. The number of carbonyl (C=O) groups excluding carboxylic acids is 1. The van der Waals surface area contributed by atoms with Crippen molar-refractivity contribution in [3.63, 3.8) is 0 Å². The largest absolute Gasteiger partial charge is 0.497 e. The van der Waals surface area contributed by atoms with Gasteiger partial charge in [-0.05, 0) is 48.5 Å². The van der Waals surface area contributed by atoms with E-state index in [-0.39, 0.29) is 10.6 Å². The predicted molar refractivity (Wildman–Crippen MR) is 109 cm³/mol. The van der Waals surface area contributed by atoms with Gasteiger partial charge in [-0.25, -0.2) is 13.2 Å². The first-order chi connectivity index (χ1) is 13.5. The Morgan fingerprint density at radius 2 is 1.39 bits per heavy atom. The molecule has 0 aliphatic rings. The molecule has 0 fully saturated rings. The second-order valence-corrected chi connectivity index (χ2v) is 7.45. The first-order valence-corrected chi connectivity index (χ1v) is 9.85. The molecule has 28 heavy (non-hydrogen) atoms. The molecule has 2 amide bonds. The first-order valence-electron chi connectivity index (χ1n) is 8.37.